The number of carbonyl (C=O) groups excluding carboxylic acids is 1. The fourth-order valence-electron chi connectivity index (χ4n) is 3.92. The molecule has 1 aromatic heterocycles. The molecule has 0 saturated carbocycles. The zero-order valence-electron chi connectivity index (χ0n) is 16.8. The van der Waals surface area contributed by atoms with Crippen LogP contribution in [0.3, 0.4) is 0 Å². The molecule has 1 unspecified atom stereocenters. The Balaban J connectivity index is 1.62. The Hall–Kier alpha value is -3.04. The normalized spacial score (nSPS) is 20.7. The van der Waals surface area contributed by atoms with Gasteiger partial charge in [-0.1, -0.05) is 30.3 Å². The summed E-state index contributed by atoms with van der Waals surface area (Å²) in [5, 5.41) is 2.56. The fourth-order valence-corrected chi connectivity index (χ4v) is 5.57. The molecule has 9 heteroatoms. The predicted molar refractivity (Wildman–Crippen MR) is 114 cm³/mol. The molecule has 0 saturated heterocycles. The van der Waals surface area contributed by atoms with Crippen LogP contribution in [0.5, 0.6) is 0 Å². The van der Waals surface area contributed by atoms with Crippen molar-refractivity contribution in [3.8, 4) is 0 Å². The maximum Gasteiger partial charge on any atom is 0.272 e. The summed E-state index contributed by atoms with van der Waals surface area (Å²) in [6, 6.07) is 12.7. The number of anilines is 1. The second kappa shape index (κ2) is 8.24. The SMILES string of the molecule is Cn1cc2c(c1C(=O)Nc1ccc(F)c(F)c1)CC[C@H](Cc1ccccc1)NS2(=N)=O. The van der Waals surface area contributed by atoms with Gasteiger partial charge in [-0.3, -0.25) is 4.79 Å². The van der Waals surface area contributed by atoms with Crippen LogP contribution in [-0.2, 0) is 29.8 Å². The molecule has 3 aromatic rings. The van der Waals surface area contributed by atoms with Crippen molar-refractivity contribution in [1.82, 2.24) is 9.29 Å². The predicted octanol–water partition coefficient (Wildman–Crippen LogP) is 4.02. The van der Waals surface area contributed by atoms with E-state index in [1.54, 1.807) is 7.05 Å². The number of aryl methyl sites for hydroxylation is 1. The van der Waals surface area contributed by atoms with Gasteiger partial charge in [0.25, 0.3) is 5.91 Å². The van der Waals surface area contributed by atoms with Crippen molar-refractivity contribution in [2.75, 3.05) is 5.32 Å². The molecule has 2 heterocycles. The van der Waals surface area contributed by atoms with Gasteiger partial charge in [0.05, 0.1) is 4.90 Å². The highest BCUT2D eigenvalue weighted by atomic mass is 32.2. The van der Waals surface area contributed by atoms with Gasteiger partial charge in [0.2, 0.25) is 0 Å². The summed E-state index contributed by atoms with van der Waals surface area (Å²) in [6.07, 6.45) is 3.19. The Morgan fingerprint density at radius 1 is 1.23 bits per heavy atom. The van der Waals surface area contributed by atoms with E-state index in [0.717, 1.165) is 17.7 Å². The maximum absolute atomic E-state index is 13.5. The highest BCUT2D eigenvalue weighted by molar-refractivity contribution is 7.90. The monoisotopic (exact) mass is 444 g/mol. The number of fused-ring (bicyclic) bond motifs is 1. The highest BCUT2D eigenvalue weighted by Crippen LogP contribution is 2.29. The van der Waals surface area contributed by atoms with Gasteiger partial charge < -0.3 is 9.88 Å². The number of aromatic nitrogens is 1. The van der Waals surface area contributed by atoms with Crippen LogP contribution in [-0.4, -0.2) is 20.7 Å². The molecule has 2 atom stereocenters. The van der Waals surface area contributed by atoms with Gasteiger partial charge in [0.15, 0.2) is 11.6 Å². The molecule has 3 N–H and O–H groups in total. The third-order valence-electron chi connectivity index (χ3n) is 5.35. The molecule has 1 aliphatic heterocycles. The fraction of sp³-hybridized carbons (Fsp3) is 0.227. The standard InChI is InChI=1S/C22H22F2N4O2S/c1-28-13-20-17(21(28)22(29)26-15-8-10-18(23)19(24)12-15)9-7-16(27-31(20,25)30)11-14-5-3-2-4-6-14/h2-6,8,10,12-13,16H,7,9,11H2,1H3,(H,26,29)(H2,25,27,30)/t16-,31?/m1/s1. The minimum absolute atomic E-state index is 0.110. The Labute approximate surface area is 179 Å². The van der Waals surface area contributed by atoms with Crippen LogP contribution < -0.4 is 10.0 Å². The number of hydrogen-bond acceptors (Lipinski definition) is 3. The molecule has 6 nitrogen and oxygen atoms in total. The van der Waals surface area contributed by atoms with E-state index in [1.807, 2.05) is 30.3 Å². The smallest absolute Gasteiger partial charge is 0.272 e. The van der Waals surface area contributed by atoms with Crippen LogP contribution in [0.15, 0.2) is 59.6 Å². The molecule has 0 fully saturated rings. The molecular weight excluding hydrogens is 422 g/mol. The minimum Gasteiger partial charge on any atom is -0.345 e. The van der Waals surface area contributed by atoms with E-state index in [4.69, 9.17) is 4.78 Å². The highest BCUT2D eigenvalue weighted by Gasteiger charge is 2.31. The Morgan fingerprint density at radius 2 is 1.97 bits per heavy atom. The summed E-state index contributed by atoms with van der Waals surface area (Å²) in [7, 11) is -1.70. The van der Waals surface area contributed by atoms with Gasteiger partial charge in [-0.05, 0) is 37.0 Å². The van der Waals surface area contributed by atoms with E-state index >= 15 is 0 Å². The number of hydrogen-bond donors (Lipinski definition) is 3. The summed E-state index contributed by atoms with van der Waals surface area (Å²) in [4.78, 5) is 13.2. The molecule has 0 spiro atoms. The molecule has 162 valence electrons. The molecule has 0 radical (unpaired) electrons. The number of carbonyl (C=O) groups is 1. The molecular formula is C22H22F2N4O2S. The lowest BCUT2D eigenvalue weighted by Crippen LogP contribution is -2.34. The maximum atomic E-state index is 13.5. The number of nitrogens with zero attached hydrogens (tertiary/aromatic N) is 1. The Bertz CT molecular complexity index is 1240. The molecule has 0 aliphatic carbocycles. The molecule has 31 heavy (non-hydrogen) atoms. The van der Waals surface area contributed by atoms with Gasteiger partial charge in [0, 0.05) is 36.6 Å². The van der Waals surface area contributed by atoms with Gasteiger partial charge in [-0.25, -0.2) is 22.5 Å². The van der Waals surface area contributed by atoms with Crippen molar-refractivity contribution in [2.24, 2.45) is 7.05 Å². The zero-order chi connectivity index (χ0) is 22.2. The first-order valence-electron chi connectivity index (χ1n) is 9.79. The molecule has 4 rings (SSSR count). The average Bonchev–Trinajstić information content (AvgIpc) is 3.01. The largest absolute Gasteiger partial charge is 0.345 e. The number of rotatable bonds is 4. The van der Waals surface area contributed by atoms with Crippen LogP contribution in [0.2, 0.25) is 0 Å². The van der Waals surface area contributed by atoms with Gasteiger partial charge >= 0.3 is 0 Å². The molecule has 1 amide bonds. The van der Waals surface area contributed by atoms with E-state index in [-0.39, 0.29) is 22.3 Å². The molecule has 0 bridgehead atoms. The van der Waals surface area contributed by atoms with Crippen molar-refractivity contribution in [3.63, 3.8) is 0 Å². The summed E-state index contributed by atoms with van der Waals surface area (Å²) in [5.41, 5.74) is 1.96. The zero-order valence-corrected chi connectivity index (χ0v) is 17.6. The molecule has 2 aromatic carbocycles. The Kier molecular flexibility index (Phi) is 5.63. The van der Waals surface area contributed by atoms with Crippen LogP contribution >= 0.6 is 0 Å². The quantitative estimate of drug-likeness (QED) is 0.568. The van der Waals surface area contributed by atoms with E-state index in [1.165, 1.54) is 16.8 Å². The van der Waals surface area contributed by atoms with E-state index in [9.17, 15) is 17.8 Å². The van der Waals surface area contributed by atoms with Crippen LogP contribution in [0.1, 0.15) is 28.0 Å². The second-order valence-electron chi connectivity index (χ2n) is 7.61. The van der Waals surface area contributed by atoms with Gasteiger partial charge in [-0.2, -0.15) is 0 Å². The summed E-state index contributed by atoms with van der Waals surface area (Å²) in [5.74, 6) is -2.60. The van der Waals surface area contributed by atoms with Gasteiger partial charge in [0.1, 0.15) is 15.6 Å². The second-order valence-corrected chi connectivity index (χ2v) is 9.40. The first-order chi connectivity index (χ1) is 14.7. The van der Waals surface area contributed by atoms with Crippen molar-refractivity contribution in [2.45, 2.75) is 30.2 Å². The van der Waals surface area contributed by atoms with E-state index in [2.05, 4.69) is 10.0 Å². The average molecular weight is 445 g/mol. The minimum atomic E-state index is -3.33. The van der Waals surface area contributed by atoms with Crippen LogP contribution in [0.4, 0.5) is 14.5 Å². The van der Waals surface area contributed by atoms with Crippen molar-refractivity contribution >= 4 is 21.5 Å². The van der Waals surface area contributed by atoms with E-state index in [0.29, 0.717) is 24.8 Å². The van der Waals surface area contributed by atoms with Crippen LogP contribution in [0, 0.1) is 16.4 Å². The summed E-state index contributed by atoms with van der Waals surface area (Å²) < 4.78 is 52.8. The lowest BCUT2D eigenvalue weighted by atomic mass is 9.99. The topological polar surface area (TPSA) is 87.0 Å². The van der Waals surface area contributed by atoms with E-state index < -0.39 is 27.5 Å². The first kappa shape index (κ1) is 21.2. The molecule has 1 aliphatic rings. The summed E-state index contributed by atoms with van der Waals surface area (Å²) >= 11 is 0. The van der Waals surface area contributed by atoms with Crippen molar-refractivity contribution in [3.05, 3.63) is 83.2 Å². The number of nitrogens with one attached hydrogen (secondary N) is 3. The third kappa shape index (κ3) is 4.38. The van der Waals surface area contributed by atoms with Crippen molar-refractivity contribution < 1.29 is 17.8 Å². The Morgan fingerprint density at radius 3 is 2.68 bits per heavy atom. The number of halogens is 2. The van der Waals surface area contributed by atoms with Crippen molar-refractivity contribution in [1.29, 1.82) is 4.78 Å². The lowest BCUT2D eigenvalue weighted by molar-refractivity contribution is 0.101. The first-order valence-corrected chi connectivity index (χ1v) is 11.3. The lowest BCUT2D eigenvalue weighted by Gasteiger charge is -2.17. The number of amides is 1. The van der Waals surface area contributed by atoms with Gasteiger partial charge in [-0.15, -0.1) is 0 Å². The third-order valence-corrected chi connectivity index (χ3v) is 6.99. The summed E-state index contributed by atoms with van der Waals surface area (Å²) in [6.45, 7) is 0. The number of benzene rings is 2. The van der Waals surface area contributed by atoms with Crippen LogP contribution in [0.25, 0.3) is 0 Å².